The third kappa shape index (κ3) is 5.70. The molecular weight excluding hydrogens is 454 g/mol. The van der Waals surface area contributed by atoms with E-state index in [1.165, 1.54) is 0 Å². The van der Waals surface area contributed by atoms with Gasteiger partial charge in [0.05, 0.1) is 11.6 Å². The standard InChI is InChI=1S/C30H32F2N4/c1-4-6-17-27(36-30-25-15-10-11-21(5-2)29(25)33-19-34-30)22-12-9-13-23(18-22)35-20(3)24-14-7-8-16-26(31)28(24)32/h5,9-15,18-19,27,35H,2-4,6-8,16-17H2,1H3,(H,33,34,36). The van der Waals surface area contributed by atoms with E-state index in [1.54, 1.807) is 18.5 Å². The highest BCUT2D eigenvalue weighted by Crippen LogP contribution is 2.33. The molecule has 3 aromatic rings. The van der Waals surface area contributed by atoms with Crippen LogP contribution in [0.15, 0.2) is 90.9 Å². The van der Waals surface area contributed by atoms with E-state index < -0.39 is 11.7 Å². The second-order valence-electron chi connectivity index (χ2n) is 8.97. The van der Waals surface area contributed by atoms with E-state index in [4.69, 9.17) is 0 Å². The number of benzene rings is 2. The van der Waals surface area contributed by atoms with Crippen LogP contribution >= 0.6 is 0 Å². The Morgan fingerprint density at radius 1 is 1.17 bits per heavy atom. The molecule has 1 heterocycles. The highest BCUT2D eigenvalue weighted by molar-refractivity contribution is 5.94. The van der Waals surface area contributed by atoms with Gasteiger partial charge in [0, 0.05) is 34.3 Å². The molecule has 4 rings (SSSR count). The number of nitrogens with one attached hydrogen (secondary N) is 2. The minimum absolute atomic E-state index is 0.00312. The number of fused-ring (bicyclic) bond motifs is 1. The molecule has 0 saturated carbocycles. The monoisotopic (exact) mass is 486 g/mol. The van der Waals surface area contributed by atoms with E-state index in [-0.39, 0.29) is 18.0 Å². The predicted octanol–water partition coefficient (Wildman–Crippen LogP) is 8.80. The minimum atomic E-state index is -0.821. The van der Waals surface area contributed by atoms with Gasteiger partial charge < -0.3 is 10.6 Å². The van der Waals surface area contributed by atoms with Crippen molar-refractivity contribution in [3.8, 4) is 0 Å². The summed E-state index contributed by atoms with van der Waals surface area (Å²) in [5, 5.41) is 7.74. The number of allylic oxidation sites excluding steroid dienone is 3. The van der Waals surface area contributed by atoms with Gasteiger partial charge >= 0.3 is 0 Å². The Morgan fingerprint density at radius 2 is 2.00 bits per heavy atom. The van der Waals surface area contributed by atoms with E-state index in [1.807, 2.05) is 36.4 Å². The van der Waals surface area contributed by atoms with Crippen LogP contribution in [-0.4, -0.2) is 9.97 Å². The van der Waals surface area contributed by atoms with Gasteiger partial charge in [-0.05, 0) is 43.0 Å². The number of hydrogen-bond donors (Lipinski definition) is 2. The van der Waals surface area contributed by atoms with Gasteiger partial charge in [-0.25, -0.2) is 18.7 Å². The summed E-state index contributed by atoms with van der Waals surface area (Å²) in [6.45, 7) is 10.0. The molecule has 1 aliphatic carbocycles. The van der Waals surface area contributed by atoms with Gasteiger partial charge in [0.25, 0.3) is 0 Å². The maximum atomic E-state index is 14.5. The first-order chi connectivity index (χ1) is 17.5. The Kier molecular flexibility index (Phi) is 8.26. The SMILES string of the molecule is C=Cc1cccc2c(NC(CCCC)c3cccc(NC(=C)C4=CCCCC(F)=C4F)c3)ncnc12. The number of hydrogen-bond acceptors (Lipinski definition) is 4. The summed E-state index contributed by atoms with van der Waals surface area (Å²) < 4.78 is 28.5. The summed E-state index contributed by atoms with van der Waals surface area (Å²) in [7, 11) is 0. The molecule has 36 heavy (non-hydrogen) atoms. The summed E-state index contributed by atoms with van der Waals surface area (Å²) in [6, 6.07) is 13.9. The van der Waals surface area contributed by atoms with Crippen molar-refractivity contribution in [2.45, 2.75) is 51.5 Å². The second kappa shape index (κ2) is 11.8. The molecule has 0 amide bonds. The van der Waals surface area contributed by atoms with E-state index in [9.17, 15) is 8.78 Å². The molecule has 1 unspecified atom stereocenters. The lowest BCUT2D eigenvalue weighted by atomic mass is 9.99. The fourth-order valence-electron chi connectivity index (χ4n) is 4.47. The molecule has 0 aliphatic heterocycles. The van der Waals surface area contributed by atoms with Crippen molar-refractivity contribution in [2.75, 3.05) is 10.6 Å². The summed E-state index contributed by atoms with van der Waals surface area (Å²) in [6.07, 6.45) is 9.38. The molecule has 186 valence electrons. The van der Waals surface area contributed by atoms with Crippen LogP contribution in [0, 0.1) is 0 Å². The first-order valence-electron chi connectivity index (χ1n) is 12.5. The topological polar surface area (TPSA) is 49.8 Å². The molecular formula is C30H32F2N4. The molecule has 2 N–H and O–H groups in total. The number of rotatable bonds is 10. The Morgan fingerprint density at radius 3 is 2.81 bits per heavy atom. The molecule has 1 aromatic heterocycles. The molecule has 1 aliphatic rings. The van der Waals surface area contributed by atoms with Crippen molar-refractivity contribution in [3.63, 3.8) is 0 Å². The minimum Gasteiger partial charge on any atom is -0.363 e. The van der Waals surface area contributed by atoms with Gasteiger partial charge in [-0.3, -0.25) is 0 Å². The second-order valence-corrected chi connectivity index (χ2v) is 8.97. The van der Waals surface area contributed by atoms with Crippen LogP contribution in [0.25, 0.3) is 17.0 Å². The fraction of sp³-hybridized carbons (Fsp3) is 0.267. The lowest BCUT2D eigenvalue weighted by molar-refractivity contribution is 0.517. The fourth-order valence-corrected chi connectivity index (χ4v) is 4.47. The van der Waals surface area contributed by atoms with E-state index in [0.717, 1.165) is 52.8 Å². The van der Waals surface area contributed by atoms with Crippen molar-refractivity contribution in [2.24, 2.45) is 0 Å². The van der Waals surface area contributed by atoms with Gasteiger partial charge in [-0.2, -0.15) is 0 Å². The normalized spacial score (nSPS) is 14.7. The van der Waals surface area contributed by atoms with Crippen molar-refractivity contribution in [3.05, 3.63) is 102 Å². The van der Waals surface area contributed by atoms with E-state index >= 15 is 0 Å². The first kappa shape index (κ1) is 25.3. The first-order valence-corrected chi connectivity index (χ1v) is 12.5. The van der Waals surface area contributed by atoms with Crippen molar-refractivity contribution >= 4 is 28.5 Å². The highest BCUT2D eigenvalue weighted by atomic mass is 19.2. The van der Waals surface area contributed by atoms with Crippen LogP contribution in [0.4, 0.5) is 20.3 Å². The smallest absolute Gasteiger partial charge is 0.163 e. The molecule has 0 spiro atoms. The average Bonchev–Trinajstić information content (AvgIpc) is 3.06. The quantitative estimate of drug-likeness (QED) is 0.301. The lowest BCUT2D eigenvalue weighted by Crippen LogP contribution is -2.13. The van der Waals surface area contributed by atoms with Crippen LogP contribution in [0.2, 0.25) is 0 Å². The number of para-hydroxylation sites is 1. The third-order valence-corrected chi connectivity index (χ3v) is 6.41. The maximum Gasteiger partial charge on any atom is 0.163 e. The number of aromatic nitrogens is 2. The largest absolute Gasteiger partial charge is 0.363 e. The van der Waals surface area contributed by atoms with Crippen molar-refractivity contribution in [1.82, 2.24) is 9.97 Å². The summed E-state index contributed by atoms with van der Waals surface area (Å²) in [5.74, 6) is -0.770. The molecule has 6 heteroatoms. The predicted molar refractivity (Wildman–Crippen MR) is 146 cm³/mol. The Bertz CT molecular complexity index is 1330. The summed E-state index contributed by atoms with van der Waals surface area (Å²) in [4.78, 5) is 8.99. The van der Waals surface area contributed by atoms with Crippen LogP contribution in [0.5, 0.6) is 0 Å². The zero-order valence-corrected chi connectivity index (χ0v) is 20.7. The van der Waals surface area contributed by atoms with Gasteiger partial charge in [0.15, 0.2) is 5.83 Å². The van der Waals surface area contributed by atoms with E-state index in [2.05, 4.69) is 46.7 Å². The van der Waals surface area contributed by atoms with Crippen LogP contribution < -0.4 is 10.6 Å². The molecule has 0 saturated heterocycles. The molecule has 0 bridgehead atoms. The summed E-state index contributed by atoms with van der Waals surface area (Å²) in [5.41, 5.74) is 4.17. The van der Waals surface area contributed by atoms with Crippen LogP contribution in [0.1, 0.15) is 62.6 Å². The molecule has 0 radical (unpaired) electrons. The Labute approximate surface area is 211 Å². The summed E-state index contributed by atoms with van der Waals surface area (Å²) >= 11 is 0. The zero-order chi connectivity index (χ0) is 25.5. The van der Waals surface area contributed by atoms with Gasteiger partial charge in [0.1, 0.15) is 18.0 Å². The number of nitrogens with zero attached hydrogens (tertiary/aromatic N) is 2. The van der Waals surface area contributed by atoms with Gasteiger partial charge in [-0.15, -0.1) is 0 Å². The Hall–Kier alpha value is -3.80. The van der Waals surface area contributed by atoms with E-state index in [0.29, 0.717) is 18.5 Å². The molecule has 2 aromatic carbocycles. The average molecular weight is 487 g/mol. The van der Waals surface area contributed by atoms with Crippen molar-refractivity contribution < 1.29 is 8.78 Å². The van der Waals surface area contributed by atoms with Crippen LogP contribution in [0.3, 0.4) is 0 Å². The molecule has 1 atom stereocenters. The number of anilines is 2. The number of halogens is 2. The highest BCUT2D eigenvalue weighted by Gasteiger charge is 2.19. The number of unbranched alkanes of at least 4 members (excludes halogenated alkanes) is 1. The molecule has 4 nitrogen and oxygen atoms in total. The molecule has 0 fully saturated rings. The Balaban J connectivity index is 1.61. The lowest BCUT2D eigenvalue weighted by Gasteiger charge is -2.22. The maximum absolute atomic E-state index is 14.5. The van der Waals surface area contributed by atoms with Gasteiger partial charge in [0.2, 0.25) is 0 Å². The van der Waals surface area contributed by atoms with Crippen LogP contribution in [-0.2, 0) is 0 Å². The third-order valence-electron chi connectivity index (χ3n) is 6.41. The zero-order valence-electron chi connectivity index (χ0n) is 20.7. The van der Waals surface area contributed by atoms with Crippen molar-refractivity contribution in [1.29, 1.82) is 0 Å². The van der Waals surface area contributed by atoms with Gasteiger partial charge in [-0.1, -0.05) is 69.3 Å².